The number of hydrogen-bond acceptors (Lipinski definition) is 3. The molecule has 1 heterocycles. The zero-order valence-electron chi connectivity index (χ0n) is 11.6. The third-order valence-electron chi connectivity index (χ3n) is 3.23. The van der Waals surface area contributed by atoms with Gasteiger partial charge in [0.25, 0.3) is 5.56 Å². The summed E-state index contributed by atoms with van der Waals surface area (Å²) in [5, 5.41) is 1.67. The first-order valence-electron chi connectivity index (χ1n) is 6.66. The van der Waals surface area contributed by atoms with Crippen LogP contribution in [0.1, 0.15) is 18.0 Å². The first-order chi connectivity index (χ1) is 10.6. The zero-order valence-corrected chi connectivity index (χ0v) is 14.0. The third kappa shape index (κ3) is 3.00. The first-order valence-corrected chi connectivity index (χ1v) is 8.29. The van der Waals surface area contributed by atoms with Crippen LogP contribution in [0.25, 0.3) is 10.9 Å². The van der Waals surface area contributed by atoms with Gasteiger partial charge in [-0.3, -0.25) is 4.79 Å². The monoisotopic (exact) mass is 350 g/mol. The molecule has 0 spiro atoms. The van der Waals surface area contributed by atoms with E-state index in [1.807, 2.05) is 25.1 Å². The van der Waals surface area contributed by atoms with Gasteiger partial charge >= 0.3 is 0 Å². The lowest BCUT2D eigenvalue weighted by atomic mass is 10.2. The summed E-state index contributed by atoms with van der Waals surface area (Å²) in [7, 11) is 0. The Labute approximate surface area is 141 Å². The van der Waals surface area contributed by atoms with Gasteiger partial charge in [-0.1, -0.05) is 41.4 Å². The van der Waals surface area contributed by atoms with Crippen molar-refractivity contribution in [2.45, 2.75) is 17.1 Å². The third-order valence-corrected chi connectivity index (χ3v) is 5.34. The molecule has 0 amide bonds. The molecule has 3 nitrogen and oxygen atoms in total. The Kier molecular flexibility index (Phi) is 4.43. The van der Waals surface area contributed by atoms with Crippen molar-refractivity contribution in [1.29, 1.82) is 0 Å². The number of H-pyrrole nitrogens is 1. The maximum Gasteiger partial charge on any atom is 0.258 e. The molecule has 0 aliphatic rings. The second-order valence-electron chi connectivity index (χ2n) is 4.78. The Morgan fingerprint density at radius 3 is 2.50 bits per heavy atom. The number of rotatable bonds is 3. The fourth-order valence-corrected chi connectivity index (χ4v) is 3.73. The van der Waals surface area contributed by atoms with E-state index in [0.717, 1.165) is 4.90 Å². The van der Waals surface area contributed by atoms with Crippen LogP contribution in [0.5, 0.6) is 0 Å². The SMILES string of the molecule is C[C@H](Sc1c(Cl)cccc1Cl)c1nc2ccccc2c(=O)[nH]1. The Balaban J connectivity index is 1.99. The molecule has 3 rings (SSSR count). The van der Waals surface area contributed by atoms with Crippen LogP contribution < -0.4 is 5.56 Å². The number of para-hydroxylation sites is 1. The van der Waals surface area contributed by atoms with Crippen molar-refractivity contribution in [1.82, 2.24) is 9.97 Å². The Hall–Kier alpha value is -1.49. The second kappa shape index (κ2) is 6.32. The normalized spacial score (nSPS) is 12.5. The van der Waals surface area contributed by atoms with Gasteiger partial charge in [0.2, 0.25) is 0 Å². The molecule has 0 aliphatic carbocycles. The molecule has 0 unspecified atom stereocenters. The van der Waals surface area contributed by atoms with Crippen LogP contribution in [-0.4, -0.2) is 9.97 Å². The number of thioether (sulfide) groups is 1. The van der Waals surface area contributed by atoms with Gasteiger partial charge in [0.05, 0.1) is 26.2 Å². The highest BCUT2D eigenvalue weighted by Crippen LogP contribution is 2.41. The predicted molar refractivity (Wildman–Crippen MR) is 93.1 cm³/mol. The van der Waals surface area contributed by atoms with Crippen molar-refractivity contribution in [2.75, 3.05) is 0 Å². The minimum Gasteiger partial charge on any atom is -0.309 e. The van der Waals surface area contributed by atoms with Crippen molar-refractivity contribution in [2.24, 2.45) is 0 Å². The van der Waals surface area contributed by atoms with Crippen molar-refractivity contribution in [3.05, 3.63) is 68.7 Å². The molecule has 1 aromatic heterocycles. The summed E-state index contributed by atoms with van der Waals surface area (Å²) < 4.78 is 0. The summed E-state index contributed by atoms with van der Waals surface area (Å²) in [4.78, 5) is 20.3. The summed E-state index contributed by atoms with van der Waals surface area (Å²) in [5.74, 6) is 0.602. The quantitative estimate of drug-likeness (QED) is 0.669. The standard InChI is InChI=1S/C16H12Cl2N2OS/c1-9(22-14-11(17)6-4-7-12(14)18)15-19-13-8-3-2-5-10(13)16(21)20-15/h2-9H,1H3,(H,19,20,21)/t9-/m0/s1. The molecule has 0 fully saturated rings. The van der Waals surface area contributed by atoms with Crippen molar-refractivity contribution in [3.63, 3.8) is 0 Å². The lowest BCUT2D eigenvalue weighted by Crippen LogP contribution is -2.12. The van der Waals surface area contributed by atoms with E-state index >= 15 is 0 Å². The smallest absolute Gasteiger partial charge is 0.258 e. The fourth-order valence-electron chi connectivity index (χ4n) is 2.12. The summed E-state index contributed by atoms with van der Waals surface area (Å²) in [6, 6.07) is 12.6. The highest BCUT2D eigenvalue weighted by molar-refractivity contribution is 7.99. The van der Waals surface area contributed by atoms with Gasteiger partial charge in [-0.05, 0) is 31.2 Å². The van der Waals surface area contributed by atoms with E-state index in [-0.39, 0.29) is 10.8 Å². The van der Waals surface area contributed by atoms with E-state index in [9.17, 15) is 4.79 Å². The molecule has 3 aromatic rings. The molecule has 112 valence electrons. The number of fused-ring (bicyclic) bond motifs is 1. The summed E-state index contributed by atoms with van der Waals surface area (Å²) in [5.41, 5.74) is 0.539. The van der Waals surface area contributed by atoms with Gasteiger partial charge in [-0.25, -0.2) is 4.98 Å². The molecule has 2 aromatic carbocycles. The van der Waals surface area contributed by atoms with Gasteiger partial charge in [0.1, 0.15) is 5.82 Å². The molecule has 0 bridgehead atoms. The van der Waals surface area contributed by atoms with E-state index < -0.39 is 0 Å². The van der Waals surface area contributed by atoms with E-state index in [1.165, 1.54) is 11.8 Å². The summed E-state index contributed by atoms with van der Waals surface area (Å²) in [6.45, 7) is 1.96. The predicted octanol–water partition coefficient (Wildman–Crippen LogP) is 5.08. The average molecular weight is 351 g/mol. The number of halogens is 2. The number of aromatic nitrogens is 2. The van der Waals surface area contributed by atoms with Gasteiger partial charge < -0.3 is 4.98 Å². The van der Waals surface area contributed by atoms with Crippen LogP contribution in [0.3, 0.4) is 0 Å². The van der Waals surface area contributed by atoms with Gasteiger partial charge in [0.15, 0.2) is 0 Å². The van der Waals surface area contributed by atoms with Crippen molar-refractivity contribution in [3.8, 4) is 0 Å². The number of benzene rings is 2. The van der Waals surface area contributed by atoms with Crippen LogP contribution in [-0.2, 0) is 0 Å². The summed E-state index contributed by atoms with van der Waals surface area (Å²) in [6.07, 6.45) is 0. The van der Waals surface area contributed by atoms with E-state index in [2.05, 4.69) is 9.97 Å². The van der Waals surface area contributed by atoms with Gasteiger partial charge in [-0.15, -0.1) is 11.8 Å². The zero-order chi connectivity index (χ0) is 15.7. The Bertz CT molecular complexity index is 874. The van der Waals surface area contributed by atoms with Crippen LogP contribution in [0.2, 0.25) is 10.0 Å². The average Bonchev–Trinajstić information content (AvgIpc) is 2.51. The van der Waals surface area contributed by atoms with Crippen molar-refractivity contribution >= 4 is 45.9 Å². The number of hydrogen-bond donors (Lipinski definition) is 1. The highest BCUT2D eigenvalue weighted by Gasteiger charge is 2.15. The van der Waals surface area contributed by atoms with Crippen molar-refractivity contribution < 1.29 is 0 Å². The van der Waals surface area contributed by atoms with E-state index in [0.29, 0.717) is 26.8 Å². The summed E-state index contributed by atoms with van der Waals surface area (Å²) >= 11 is 13.9. The second-order valence-corrected chi connectivity index (χ2v) is 6.94. The fraction of sp³-hybridized carbons (Fsp3) is 0.125. The molecule has 0 saturated heterocycles. The van der Waals surface area contributed by atoms with Crippen LogP contribution in [0.15, 0.2) is 52.2 Å². The molecule has 1 atom stereocenters. The van der Waals surface area contributed by atoms with Gasteiger partial charge in [0, 0.05) is 4.90 Å². The largest absolute Gasteiger partial charge is 0.309 e. The molecule has 22 heavy (non-hydrogen) atoms. The highest BCUT2D eigenvalue weighted by atomic mass is 35.5. The minimum atomic E-state index is -0.140. The van der Waals surface area contributed by atoms with Crippen LogP contribution in [0.4, 0.5) is 0 Å². The lowest BCUT2D eigenvalue weighted by Gasteiger charge is -2.13. The Morgan fingerprint density at radius 1 is 1.09 bits per heavy atom. The minimum absolute atomic E-state index is 0.0882. The maximum atomic E-state index is 12.1. The molecule has 1 N–H and O–H groups in total. The molecular weight excluding hydrogens is 339 g/mol. The molecule has 0 radical (unpaired) electrons. The molecule has 0 aliphatic heterocycles. The van der Waals surface area contributed by atoms with Crippen LogP contribution in [0, 0.1) is 0 Å². The number of aromatic amines is 1. The lowest BCUT2D eigenvalue weighted by molar-refractivity contribution is 0.923. The topological polar surface area (TPSA) is 45.8 Å². The number of nitrogens with zero attached hydrogens (tertiary/aromatic N) is 1. The molecule has 6 heteroatoms. The van der Waals surface area contributed by atoms with E-state index in [1.54, 1.807) is 24.3 Å². The van der Waals surface area contributed by atoms with Gasteiger partial charge in [-0.2, -0.15) is 0 Å². The molecular formula is C16H12Cl2N2OS. The van der Waals surface area contributed by atoms with Crippen LogP contribution >= 0.6 is 35.0 Å². The molecule has 0 saturated carbocycles. The number of nitrogens with one attached hydrogen (secondary N) is 1. The first kappa shape index (κ1) is 15.4. The maximum absolute atomic E-state index is 12.1. The van der Waals surface area contributed by atoms with E-state index in [4.69, 9.17) is 23.2 Å². The Morgan fingerprint density at radius 2 is 1.77 bits per heavy atom.